The molecule has 25 heavy (non-hydrogen) atoms. The molecule has 1 saturated carbocycles. The van der Waals surface area contributed by atoms with Crippen molar-refractivity contribution in [1.82, 2.24) is 0 Å². The molecule has 5 heteroatoms. The Balaban J connectivity index is 0.000000251. The van der Waals surface area contributed by atoms with Crippen molar-refractivity contribution in [2.75, 3.05) is 6.61 Å². The maximum absolute atomic E-state index is 10.2. The quantitative estimate of drug-likeness (QED) is 0.628. The molecule has 2 rings (SSSR count). The summed E-state index contributed by atoms with van der Waals surface area (Å²) in [5, 5.41) is 16.8. The van der Waals surface area contributed by atoms with Crippen LogP contribution in [-0.2, 0) is 9.59 Å². The number of ether oxygens (including phenoxy) is 1. The molecule has 1 fully saturated rings. The fourth-order valence-electron chi connectivity index (χ4n) is 2.95. The minimum Gasteiger partial charge on any atom is -0.494 e. The van der Waals surface area contributed by atoms with Crippen molar-refractivity contribution >= 4 is 11.9 Å². The zero-order valence-corrected chi connectivity index (χ0v) is 14.9. The van der Waals surface area contributed by atoms with Crippen LogP contribution < -0.4 is 4.74 Å². The highest BCUT2D eigenvalue weighted by Gasteiger charge is 2.13. The molecule has 0 spiro atoms. The Hall–Kier alpha value is -2.04. The number of benzene rings is 1. The fourth-order valence-corrected chi connectivity index (χ4v) is 2.95. The van der Waals surface area contributed by atoms with E-state index in [-0.39, 0.29) is 6.42 Å². The van der Waals surface area contributed by atoms with Gasteiger partial charge in [0.1, 0.15) is 5.75 Å². The Morgan fingerprint density at radius 1 is 0.920 bits per heavy atom. The Bertz CT molecular complexity index is 480. The van der Waals surface area contributed by atoms with Crippen LogP contribution in [0, 0.1) is 5.92 Å². The molecule has 2 N–H and O–H groups in total. The standard InChI is InChI=1S/C10H12O3.C10H18O2/c11-10(12)7-4-8-13-9-5-2-1-3-6-9;11-10(12)8-4-7-9-5-2-1-3-6-9/h1-3,5-6H,4,7-8H2,(H,11,12);9H,1-8H2,(H,11,12). The number of hydrogen-bond donors (Lipinski definition) is 2. The topological polar surface area (TPSA) is 83.8 Å². The normalized spacial score (nSPS) is 14.2. The van der Waals surface area contributed by atoms with Crippen molar-refractivity contribution in [1.29, 1.82) is 0 Å². The largest absolute Gasteiger partial charge is 0.494 e. The van der Waals surface area contributed by atoms with Crippen molar-refractivity contribution < 1.29 is 24.5 Å². The van der Waals surface area contributed by atoms with E-state index in [0.29, 0.717) is 19.4 Å². The van der Waals surface area contributed by atoms with Crippen molar-refractivity contribution in [3.05, 3.63) is 30.3 Å². The van der Waals surface area contributed by atoms with E-state index in [0.717, 1.165) is 24.5 Å². The molecule has 1 aliphatic rings. The van der Waals surface area contributed by atoms with Gasteiger partial charge in [-0.25, -0.2) is 0 Å². The van der Waals surface area contributed by atoms with Gasteiger partial charge >= 0.3 is 11.9 Å². The average Bonchev–Trinajstić information content (AvgIpc) is 2.61. The summed E-state index contributed by atoms with van der Waals surface area (Å²) in [6.45, 7) is 0.455. The van der Waals surface area contributed by atoms with E-state index in [1.54, 1.807) is 0 Å². The van der Waals surface area contributed by atoms with E-state index in [9.17, 15) is 9.59 Å². The van der Waals surface area contributed by atoms with Crippen molar-refractivity contribution in [2.24, 2.45) is 5.92 Å². The average molecular weight is 350 g/mol. The van der Waals surface area contributed by atoms with Gasteiger partial charge in [-0.05, 0) is 37.3 Å². The van der Waals surface area contributed by atoms with Crippen LogP contribution >= 0.6 is 0 Å². The third-order valence-electron chi connectivity index (χ3n) is 4.27. The second-order valence-electron chi connectivity index (χ2n) is 6.45. The Labute approximate surface area is 150 Å². The van der Waals surface area contributed by atoms with Gasteiger partial charge in [0.05, 0.1) is 6.61 Å². The van der Waals surface area contributed by atoms with Crippen molar-refractivity contribution in [3.63, 3.8) is 0 Å². The molecule has 0 aliphatic heterocycles. The highest BCUT2D eigenvalue weighted by atomic mass is 16.5. The van der Waals surface area contributed by atoms with Crippen LogP contribution in [0.5, 0.6) is 5.75 Å². The van der Waals surface area contributed by atoms with E-state index in [2.05, 4.69) is 0 Å². The molecular weight excluding hydrogens is 320 g/mol. The summed E-state index contributed by atoms with van der Waals surface area (Å²) in [5.41, 5.74) is 0. The van der Waals surface area contributed by atoms with Crippen LogP contribution in [0.3, 0.4) is 0 Å². The van der Waals surface area contributed by atoms with E-state index in [1.165, 1.54) is 32.1 Å². The van der Waals surface area contributed by atoms with Gasteiger partial charge in [-0.15, -0.1) is 0 Å². The molecule has 5 nitrogen and oxygen atoms in total. The molecule has 0 aromatic heterocycles. The summed E-state index contributed by atoms with van der Waals surface area (Å²) >= 11 is 0. The van der Waals surface area contributed by atoms with Crippen LogP contribution in [0.2, 0.25) is 0 Å². The Kier molecular flexibility index (Phi) is 11.2. The van der Waals surface area contributed by atoms with Gasteiger partial charge in [0.2, 0.25) is 0 Å². The lowest BCUT2D eigenvalue weighted by Crippen LogP contribution is -2.06. The fraction of sp³-hybridized carbons (Fsp3) is 0.600. The second-order valence-corrected chi connectivity index (χ2v) is 6.45. The van der Waals surface area contributed by atoms with Crippen LogP contribution in [0.4, 0.5) is 0 Å². The van der Waals surface area contributed by atoms with Crippen LogP contribution in [-0.4, -0.2) is 28.8 Å². The smallest absolute Gasteiger partial charge is 0.303 e. The van der Waals surface area contributed by atoms with E-state index in [1.807, 2.05) is 30.3 Å². The lowest BCUT2D eigenvalue weighted by Gasteiger charge is -2.20. The van der Waals surface area contributed by atoms with Crippen molar-refractivity contribution in [3.8, 4) is 5.75 Å². The van der Waals surface area contributed by atoms with Gasteiger partial charge in [0, 0.05) is 12.8 Å². The third kappa shape index (κ3) is 12.0. The van der Waals surface area contributed by atoms with E-state index >= 15 is 0 Å². The van der Waals surface area contributed by atoms with Gasteiger partial charge in [-0.2, -0.15) is 0 Å². The molecule has 0 amide bonds. The highest BCUT2D eigenvalue weighted by Crippen LogP contribution is 2.27. The zero-order chi connectivity index (χ0) is 18.3. The maximum Gasteiger partial charge on any atom is 0.303 e. The minimum atomic E-state index is -0.781. The van der Waals surface area contributed by atoms with Gasteiger partial charge in [0.25, 0.3) is 0 Å². The molecule has 0 bridgehead atoms. The first-order chi connectivity index (χ1) is 12.1. The third-order valence-corrected chi connectivity index (χ3v) is 4.27. The van der Waals surface area contributed by atoms with Gasteiger partial charge in [-0.1, -0.05) is 50.3 Å². The lowest BCUT2D eigenvalue weighted by atomic mass is 9.86. The first-order valence-corrected chi connectivity index (χ1v) is 9.19. The number of carboxylic acid groups (broad SMARTS) is 2. The van der Waals surface area contributed by atoms with Crippen molar-refractivity contribution in [2.45, 2.75) is 64.2 Å². The summed E-state index contributed by atoms with van der Waals surface area (Å²) in [4.78, 5) is 20.4. The molecule has 1 aromatic rings. The zero-order valence-electron chi connectivity index (χ0n) is 14.9. The number of hydrogen-bond acceptors (Lipinski definition) is 3. The molecule has 0 atom stereocenters. The first kappa shape index (κ1) is 21.0. The van der Waals surface area contributed by atoms with E-state index in [4.69, 9.17) is 14.9 Å². The number of para-hydroxylation sites is 1. The molecule has 0 saturated heterocycles. The van der Waals surface area contributed by atoms with E-state index < -0.39 is 11.9 Å². The number of carbonyl (C=O) groups is 2. The Morgan fingerprint density at radius 2 is 1.52 bits per heavy atom. The predicted molar refractivity (Wildman–Crippen MR) is 96.9 cm³/mol. The lowest BCUT2D eigenvalue weighted by molar-refractivity contribution is -0.138. The van der Waals surface area contributed by atoms with Gasteiger partial charge in [0.15, 0.2) is 0 Å². The summed E-state index contributed by atoms with van der Waals surface area (Å²) in [5.74, 6) is 0.188. The summed E-state index contributed by atoms with van der Waals surface area (Å²) in [6.07, 6.45) is 9.84. The molecule has 1 aliphatic carbocycles. The van der Waals surface area contributed by atoms with Gasteiger partial charge < -0.3 is 14.9 Å². The molecule has 0 unspecified atom stereocenters. The summed E-state index contributed by atoms with van der Waals surface area (Å²) in [7, 11) is 0. The second kappa shape index (κ2) is 13.3. The number of rotatable bonds is 9. The molecular formula is C20H30O5. The minimum absolute atomic E-state index is 0.160. The number of carboxylic acids is 2. The Morgan fingerprint density at radius 3 is 2.12 bits per heavy atom. The monoisotopic (exact) mass is 350 g/mol. The van der Waals surface area contributed by atoms with Crippen LogP contribution in [0.25, 0.3) is 0 Å². The van der Waals surface area contributed by atoms with Crippen LogP contribution in [0.1, 0.15) is 64.2 Å². The van der Waals surface area contributed by atoms with Crippen LogP contribution in [0.15, 0.2) is 30.3 Å². The SMILES string of the molecule is O=C(O)CCCC1CCCCC1.O=C(O)CCCOc1ccccc1. The first-order valence-electron chi connectivity index (χ1n) is 9.19. The molecule has 140 valence electrons. The maximum atomic E-state index is 10.2. The molecule has 0 radical (unpaired) electrons. The predicted octanol–water partition coefficient (Wildman–Crippen LogP) is 4.75. The highest BCUT2D eigenvalue weighted by molar-refractivity contribution is 5.66. The summed E-state index contributed by atoms with van der Waals surface area (Å²) < 4.78 is 5.29. The molecule has 1 aromatic carbocycles. The number of aliphatic carboxylic acids is 2. The summed E-state index contributed by atoms with van der Waals surface area (Å²) in [6, 6.07) is 9.37. The molecule has 0 heterocycles. The van der Waals surface area contributed by atoms with Gasteiger partial charge in [-0.3, -0.25) is 9.59 Å².